The molecule has 1 saturated heterocycles. The fraction of sp³-hybridized carbons (Fsp3) is 1.00. The second-order valence-electron chi connectivity index (χ2n) is 5.87. The first kappa shape index (κ1) is 13.9. The third-order valence-corrected chi connectivity index (χ3v) is 2.84. The van der Waals surface area contributed by atoms with Crippen LogP contribution < -0.4 is 5.32 Å². The molecule has 1 unspecified atom stereocenters. The Bertz CT molecular complexity index is 189. The lowest BCUT2D eigenvalue weighted by atomic mass is 10.1. The lowest BCUT2D eigenvalue weighted by molar-refractivity contribution is 0.0676. The van der Waals surface area contributed by atoms with Crippen molar-refractivity contribution in [2.75, 3.05) is 32.8 Å². The maximum Gasteiger partial charge on any atom is 0.0673 e. The highest BCUT2D eigenvalue weighted by Crippen LogP contribution is 2.06. The van der Waals surface area contributed by atoms with Gasteiger partial charge in [-0.05, 0) is 53.6 Å². The Balaban J connectivity index is 2.11. The van der Waals surface area contributed by atoms with E-state index in [0.717, 1.165) is 19.7 Å². The average molecular weight is 228 g/mol. The van der Waals surface area contributed by atoms with Crippen LogP contribution in [0, 0.1) is 0 Å². The van der Waals surface area contributed by atoms with E-state index in [2.05, 4.69) is 37.9 Å². The Labute approximate surface area is 101 Å². The van der Waals surface area contributed by atoms with Crippen LogP contribution in [0.1, 0.15) is 40.5 Å². The van der Waals surface area contributed by atoms with Crippen LogP contribution in [0.4, 0.5) is 0 Å². The van der Waals surface area contributed by atoms with Crippen LogP contribution in [0.3, 0.4) is 0 Å². The molecule has 0 saturated carbocycles. The molecule has 16 heavy (non-hydrogen) atoms. The summed E-state index contributed by atoms with van der Waals surface area (Å²) >= 11 is 0. The molecule has 96 valence electrons. The zero-order chi connectivity index (χ0) is 12.0. The first-order chi connectivity index (χ1) is 7.47. The van der Waals surface area contributed by atoms with Crippen LogP contribution in [-0.4, -0.2) is 49.3 Å². The molecule has 1 aliphatic heterocycles. The quantitative estimate of drug-likeness (QED) is 0.744. The molecule has 0 aromatic rings. The van der Waals surface area contributed by atoms with E-state index >= 15 is 0 Å². The molecule has 0 bridgehead atoms. The van der Waals surface area contributed by atoms with E-state index in [-0.39, 0.29) is 5.54 Å². The highest BCUT2D eigenvalue weighted by molar-refractivity contribution is 4.71. The molecule has 0 aromatic heterocycles. The summed E-state index contributed by atoms with van der Waals surface area (Å²) in [6.07, 6.45) is 2.80. The van der Waals surface area contributed by atoms with E-state index < -0.39 is 0 Å². The van der Waals surface area contributed by atoms with Crippen molar-refractivity contribution in [2.45, 2.75) is 52.2 Å². The minimum Gasteiger partial charge on any atom is -0.377 e. The van der Waals surface area contributed by atoms with Gasteiger partial charge in [0.1, 0.15) is 0 Å². The molecule has 1 N–H and O–H groups in total. The highest BCUT2D eigenvalue weighted by atomic mass is 16.5. The lowest BCUT2D eigenvalue weighted by Crippen LogP contribution is -2.38. The summed E-state index contributed by atoms with van der Waals surface area (Å²) in [7, 11) is 0. The van der Waals surface area contributed by atoms with Gasteiger partial charge in [-0.3, -0.25) is 0 Å². The Morgan fingerprint density at radius 2 is 2.12 bits per heavy atom. The molecule has 0 spiro atoms. The maximum absolute atomic E-state index is 5.64. The Morgan fingerprint density at radius 3 is 2.81 bits per heavy atom. The maximum atomic E-state index is 5.64. The summed E-state index contributed by atoms with van der Waals surface area (Å²) in [5, 5.41) is 3.53. The van der Waals surface area contributed by atoms with Gasteiger partial charge in [0.15, 0.2) is 0 Å². The van der Waals surface area contributed by atoms with E-state index in [1.807, 2.05) is 0 Å². The van der Waals surface area contributed by atoms with Crippen molar-refractivity contribution in [3.05, 3.63) is 0 Å². The predicted octanol–water partition coefficient (Wildman–Crippen LogP) is 1.88. The van der Waals surface area contributed by atoms with Crippen LogP contribution in [0.15, 0.2) is 0 Å². The summed E-state index contributed by atoms with van der Waals surface area (Å²) in [6.45, 7) is 14.3. The topological polar surface area (TPSA) is 24.5 Å². The second kappa shape index (κ2) is 6.58. The van der Waals surface area contributed by atoms with Crippen LogP contribution in [-0.2, 0) is 4.74 Å². The first-order valence-corrected chi connectivity index (χ1v) is 6.56. The van der Waals surface area contributed by atoms with Crippen molar-refractivity contribution in [2.24, 2.45) is 0 Å². The fourth-order valence-electron chi connectivity index (χ4n) is 2.05. The largest absolute Gasteiger partial charge is 0.377 e. The molecule has 1 aliphatic rings. The van der Waals surface area contributed by atoms with Gasteiger partial charge >= 0.3 is 0 Å². The van der Waals surface area contributed by atoms with Crippen molar-refractivity contribution in [3.8, 4) is 0 Å². The van der Waals surface area contributed by atoms with Crippen LogP contribution in [0.25, 0.3) is 0 Å². The monoisotopic (exact) mass is 228 g/mol. The highest BCUT2D eigenvalue weighted by Gasteiger charge is 2.14. The fourth-order valence-corrected chi connectivity index (χ4v) is 2.05. The zero-order valence-electron chi connectivity index (χ0n) is 11.4. The molecule has 3 heteroatoms. The van der Waals surface area contributed by atoms with Crippen LogP contribution >= 0.6 is 0 Å². The Kier molecular flexibility index (Phi) is 5.73. The van der Waals surface area contributed by atoms with Gasteiger partial charge in [-0.1, -0.05) is 0 Å². The number of hydrogen-bond acceptors (Lipinski definition) is 3. The van der Waals surface area contributed by atoms with Gasteiger partial charge in [0, 0.05) is 25.2 Å². The van der Waals surface area contributed by atoms with Crippen molar-refractivity contribution in [3.63, 3.8) is 0 Å². The van der Waals surface area contributed by atoms with Crippen LogP contribution in [0.5, 0.6) is 0 Å². The molecular weight excluding hydrogens is 200 g/mol. The molecule has 3 nitrogen and oxygen atoms in total. The van der Waals surface area contributed by atoms with Gasteiger partial charge in [-0.15, -0.1) is 0 Å². The van der Waals surface area contributed by atoms with Gasteiger partial charge in [0.25, 0.3) is 0 Å². The van der Waals surface area contributed by atoms with Crippen LogP contribution in [0.2, 0.25) is 0 Å². The van der Waals surface area contributed by atoms with E-state index in [4.69, 9.17) is 4.74 Å². The van der Waals surface area contributed by atoms with E-state index in [1.165, 1.54) is 25.9 Å². The molecule has 1 heterocycles. The average Bonchev–Trinajstić information content (AvgIpc) is 2.36. The molecular formula is C13H28N2O. The van der Waals surface area contributed by atoms with Crippen molar-refractivity contribution >= 4 is 0 Å². The standard InChI is InChI=1S/C13H28N2O/c1-12-11-15(9-6-10-16-12)8-5-7-14-13(2,3)4/h12,14H,5-11H2,1-4H3. The molecule has 1 atom stereocenters. The summed E-state index contributed by atoms with van der Waals surface area (Å²) < 4.78 is 5.64. The number of hydrogen-bond donors (Lipinski definition) is 1. The summed E-state index contributed by atoms with van der Waals surface area (Å²) in [4.78, 5) is 2.53. The normalized spacial score (nSPS) is 24.4. The third kappa shape index (κ3) is 6.46. The first-order valence-electron chi connectivity index (χ1n) is 6.56. The number of nitrogens with zero attached hydrogens (tertiary/aromatic N) is 1. The zero-order valence-corrected chi connectivity index (χ0v) is 11.4. The minimum absolute atomic E-state index is 0.245. The number of ether oxygens (including phenoxy) is 1. The van der Waals surface area contributed by atoms with Gasteiger partial charge in [-0.2, -0.15) is 0 Å². The molecule has 0 radical (unpaired) electrons. The van der Waals surface area contributed by atoms with E-state index in [1.54, 1.807) is 0 Å². The van der Waals surface area contributed by atoms with Gasteiger partial charge < -0.3 is 15.0 Å². The van der Waals surface area contributed by atoms with Crippen molar-refractivity contribution in [1.82, 2.24) is 10.2 Å². The summed E-state index contributed by atoms with van der Waals surface area (Å²) in [5.41, 5.74) is 0.245. The Morgan fingerprint density at radius 1 is 1.38 bits per heavy atom. The van der Waals surface area contributed by atoms with Gasteiger partial charge in [0.05, 0.1) is 6.10 Å². The van der Waals surface area contributed by atoms with Gasteiger partial charge in [0.2, 0.25) is 0 Å². The summed E-state index contributed by atoms with van der Waals surface area (Å²) in [5.74, 6) is 0. The minimum atomic E-state index is 0.245. The van der Waals surface area contributed by atoms with E-state index in [0.29, 0.717) is 6.10 Å². The summed E-state index contributed by atoms with van der Waals surface area (Å²) in [6, 6.07) is 0. The molecule has 1 fully saturated rings. The Hall–Kier alpha value is -0.120. The third-order valence-electron chi connectivity index (χ3n) is 2.84. The lowest BCUT2D eigenvalue weighted by Gasteiger charge is -2.24. The number of rotatable bonds is 4. The predicted molar refractivity (Wildman–Crippen MR) is 68.8 cm³/mol. The van der Waals surface area contributed by atoms with Crippen molar-refractivity contribution in [1.29, 1.82) is 0 Å². The molecule has 0 amide bonds. The SMILES string of the molecule is CC1CN(CCCNC(C)(C)C)CCCO1. The second-order valence-corrected chi connectivity index (χ2v) is 5.87. The molecule has 0 aliphatic carbocycles. The van der Waals surface area contributed by atoms with Crippen molar-refractivity contribution < 1.29 is 4.74 Å². The smallest absolute Gasteiger partial charge is 0.0673 e. The van der Waals surface area contributed by atoms with E-state index in [9.17, 15) is 0 Å². The van der Waals surface area contributed by atoms with Gasteiger partial charge in [-0.25, -0.2) is 0 Å². The molecule has 0 aromatic carbocycles. The molecule has 1 rings (SSSR count). The number of nitrogens with one attached hydrogen (secondary N) is 1.